The maximum absolute atomic E-state index is 12.8. The first-order chi connectivity index (χ1) is 19.1. The third kappa shape index (κ3) is 5.40. The molecule has 196 valence electrons. The van der Waals surface area contributed by atoms with E-state index in [-0.39, 0.29) is 18.0 Å². The first kappa shape index (κ1) is 24.5. The highest BCUT2D eigenvalue weighted by molar-refractivity contribution is 5.89. The average Bonchev–Trinajstić information content (AvgIpc) is 3.42. The van der Waals surface area contributed by atoms with E-state index in [1.54, 1.807) is 24.9 Å². The Hall–Kier alpha value is -4.86. The van der Waals surface area contributed by atoms with Gasteiger partial charge in [0.15, 0.2) is 0 Å². The van der Waals surface area contributed by atoms with Crippen LogP contribution in [0.4, 0.5) is 16.4 Å². The van der Waals surface area contributed by atoms with E-state index in [1.165, 1.54) is 0 Å². The molecule has 1 saturated heterocycles. The molecule has 4 heterocycles. The molecule has 5 aromatic rings. The number of nitrogens with one attached hydrogen (secondary N) is 2. The molecule has 0 bridgehead atoms. The van der Waals surface area contributed by atoms with E-state index in [1.807, 2.05) is 70.1 Å². The fourth-order valence-corrected chi connectivity index (χ4v) is 5.04. The topological polar surface area (TPSA) is 114 Å². The van der Waals surface area contributed by atoms with Gasteiger partial charge in [0, 0.05) is 36.6 Å². The summed E-state index contributed by atoms with van der Waals surface area (Å²) in [7, 11) is 0. The number of hydrogen-bond acceptors (Lipinski definition) is 7. The maximum atomic E-state index is 12.8. The third-order valence-electron chi connectivity index (χ3n) is 7.19. The Morgan fingerprint density at radius 1 is 1.00 bits per heavy atom. The summed E-state index contributed by atoms with van der Waals surface area (Å²) in [4.78, 5) is 28.6. The van der Waals surface area contributed by atoms with Gasteiger partial charge in [0.1, 0.15) is 12.1 Å². The second-order valence-corrected chi connectivity index (χ2v) is 9.77. The van der Waals surface area contributed by atoms with Crippen molar-refractivity contribution in [2.45, 2.75) is 25.8 Å². The second kappa shape index (κ2) is 10.9. The summed E-state index contributed by atoms with van der Waals surface area (Å²) in [6, 6.07) is 19.5. The van der Waals surface area contributed by atoms with Crippen LogP contribution in [0.2, 0.25) is 0 Å². The Morgan fingerprint density at radius 2 is 1.90 bits per heavy atom. The number of fused-ring (bicyclic) bond motifs is 1. The summed E-state index contributed by atoms with van der Waals surface area (Å²) >= 11 is 0. The van der Waals surface area contributed by atoms with E-state index in [0.29, 0.717) is 12.5 Å². The zero-order chi connectivity index (χ0) is 26.6. The number of urea groups is 1. The molecule has 3 aromatic heterocycles. The molecule has 2 amide bonds. The van der Waals surface area contributed by atoms with Gasteiger partial charge in [-0.15, -0.1) is 0 Å². The summed E-state index contributed by atoms with van der Waals surface area (Å²) in [5.74, 6) is 1.56. The average molecular weight is 520 g/mol. The molecule has 6 rings (SSSR count). The summed E-state index contributed by atoms with van der Waals surface area (Å²) in [5, 5.41) is 14.3. The quantitative estimate of drug-likeness (QED) is 0.324. The molecule has 1 aliphatic rings. The van der Waals surface area contributed by atoms with Crippen molar-refractivity contribution in [3.8, 4) is 16.9 Å². The fraction of sp³-hybridized carbons (Fsp3) is 0.241. The predicted molar refractivity (Wildman–Crippen MR) is 151 cm³/mol. The first-order valence-electron chi connectivity index (χ1n) is 13.1. The molecule has 2 unspecified atom stereocenters. The lowest BCUT2D eigenvalue weighted by atomic mass is 9.92. The number of benzene rings is 2. The van der Waals surface area contributed by atoms with Gasteiger partial charge in [-0.3, -0.25) is 4.57 Å². The van der Waals surface area contributed by atoms with Crippen molar-refractivity contribution in [1.29, 1.82) is 0 Å². The summed E-state index contributed by atoms with van der Waals surface area (Å²) in [6.45, 7) is 3.55. The van der Waals surface area contributed by atoms with E-state index in [4.69, 9.17) is 4.98 Å². The van der Waals surface area contributed by atoms with Crippen LogP contribution in [-0.2, 0) is 0 Å². The van der Waals surface area contributed by atoms with E-state index >= 15 is 0 Å². The number of imidazole rings is 1. The molecule has 0 saturated carbocycles. The van der Waals surface area contributed by atoms with Crippen LogP contribution < -0.4 is 10.6 Å². The van der Waals surface area contributed by atoms with Crippen LogP contribution in [0.5, 0.6) is 0 Å². The van der Waals surface area contributed by atoms with Crippen LogP contribution >= 0.6 is 0 Å². The van der Waals surface area contributed by atoms with Crippen molar-refractivity contribution < 1.29 is 4.79 Å². The highest BCUT2D eigenvalue weighted by Crippen LogP contribution is 2.26. The highest BCUT2D eigenvalue weighted by Gasteiger charge is 2.28. The number of aromatic nitrogens is 6. The van der Waals surface area contributed by atoms with Gasteiger partial charge in [0.25, 0.3) is 0 Å². The molecule has 2 N–H and O–H groups in total. The summed E-state index contributed by atoms with van der Waals surface area (Å²) in [6.07, 6.45) is 8.94. The van der Waals surface area contributed by atoms with Crippen molar-refractivity contribution in [3.63, 3.8) is 0 Å². The van der Waals surface area contributed by atoms with Crippen molar-refractivity contribution in [2.24, 2.45) is 5.92 Å². The minimum Gasteiger partial charge on any atom is -0.351 e. The van der Waals surface area contributed by atoms with Gasteiger partial charge in [0.2, 0.25) is 5.95 Å². The van der Waals surface area contributed by atoms with Gasteiger partial charge in [-0.1, -0.05) is 24.3 Å². The van der Waals surface area contributed by atoms with E-state index in [2.05, 4.69) is 37.7 Å². The molecule has 1 aliphatic heterocycles. The number of anilines is 2. The lowest BCUT2D eigenvalue weighted by Gasteiger charge is -2.36. The monoisotopic (exact) mass is 519 g/mol. The molecule has 10 nitrogen and oxygen atoms in total. The van der Waals surface area contributed by atoms with E-state index in [0.717, 1.165) is 53.1 Å². The van der Waals surface area contributed by atoms with E-state index < -0.39 is 0 Å². The minimum absolute atomic E-state index is 0.0633. The molecule has 2 aromatic carbocycles. The number of carbonyl (C=O) groups is 1. The van der Waals surface area contributed by atoms with Crippen molar-refractivity contribution in [3.05, 3.63) is 85.6 Å². The zero-order valence-electron chi connectivity index (χ0n) is 21.6. The van der Waals surface area contributed by atoms with Crippen molar-refractivity contribution in [1.82, 2.24) is 34.6 Å². The molecule has 1 fully saturated rings. The Labute approximate surface area is 226 Å². The molecule has 39 heavy (non-hydrogen) atoms. The van der Waals surface area contributed by atoms with Crippen molar-refractivity contribution in [2.75, 3.05) is 23.7 Å². The molecule has 0 aliphatic carbocycles. The van der Waals surface area contributed by atoms with Gasteiger partial charge in [-0.25, -0.2) is 14.8 Å². The Kier molecular flexibility index (Phi) is 6.82. The lowest BCUT2D eigenvalue weighted by Crippen LogP contribution is -2.46. The molecular formula is C29H29N9O. The molecule has 0 radical (unpaired) electrons. The third-order valence-corrected chi connectivity index (χ3v) is 7.19. The summed E-state index contributed by atoms with van der Waals surface area (Å²) < 4.78 is 1.96. The van der Waals surface area contributed by atoms with Crippen LogP contribution in [0.15, 0.2) is 85.6 Å². The number of rotatable bonds is 6. The van der Waals surface area contributed by atoms with Crippen LogP contribution in [0, 0.1) is 5.92 Å². The molecular weight excluding hydrogens is 490 g/mol. The van der Waals surface area contributed by atoms with Crippen molar-refractivity contribution >= 4 is 28.7 Å². The van der Waals surface area contributed by atoms with Crippen LogP contribution in [0.25, 0.3) is 28.0 Å². The molecule has 0 spiro atoms. The number of carbonyl (C=O) groups excluding carboxylic acids is 1. The zero-order valence-corrected chi connectivity index (χ0v) is 21.6. The number of hydrogen-bond donors (Lipinski definition) is 2. The van der Waals surface area contributed by atoms with Gasteiger partial charge in [-0.05, 0) is 67.6 Å². The maximum Gasteiger partial charge on any atom is 0.321 e. The molecule has 2 atom stereocenters. The van der Waals surface area contributed by atoms with Gasteiger partial charge in [0.05, 0.1) is 23.4 Å². The summed E-state index contributed by atoms with van der Waals surface area (Å²) in [5.41, 5.74) is 4.63. The second-order valence-electron chi connectivity index (χ2n) is 9.77. The SMILES string of the molecule is CC(Nc1nccc(-n2cnc3cc(-c4ccnnc4)ccc32)n1)C1CCCN(C(=O)Nc2ccccc2)C1. The van der Waals surface area contributed by atoms with Crippen LogP contribution in [0.3, 0.4) is 0 Å². The smallest absolute Gasteiger partial charge is 0.321 e. The van der Waals surface area contributed by atoms with Gasteiger partial charge >= 0.3 is 6.03 Å². The number of amides is 2. The van der Waals surface area contributed by atoms with Crippen LogP contribution in [0.1, 0.15) is 19.8 Å². The Bertz CT molecular complexity index is 1570. The Morgan fingerprint density at radius 3 is 2.74 bits per heavy atom. The molecule has 10 heteroatoms. The van der Waals surface area contributed by atoms with Crippen LogP contribution in [-0.4, -0.2) is 59.8 Å². The number of para-hydroxylation sites is 1. The number of nitrogens with zero attached hydrogens (tertiary/aromatic N) is 7. The number of likely N-dealkylation sites (tertiary alicyclic amines) is 1. The largest absolute Gasteiger partial charge is 0.351 e. The number of piperidine rings is 1. The Balaban J connectivity index is 1.14. The minimum atomic E-state index is -0.0633. The first-order valence-corrected chi connectivity index (χ1v) is 13.1. The standard InChI is InChI=1S/C29H29N9O/c1-20(23-6-5-15-37(18-23)29(39)35-24-7-3-2-4-8-24)34-28-30-13-12-27(36-28)38-19-31-25-16-21(9-10-26(25)38)22-11-14-32-33-17-22/h2-4,7-14,16-17,19-20,23H,5-6,15,18H2,1H3,(H,35,39)(H,30,34,36). The predicted octanol–water partition coefficient (Wildman–Crippen LogP) is 5.02. The lowest BCUT2D eigenvalue weighted by molar-refractivity contribution is 0.172. The van der Waals surface area contributed by atoms with E-state index in [9.17, 15) is 4.79 Å². The highest BCUT2D eigenvalue weighted by atomic mass is 16.2. The van der Waals surface area contributed by atoms with Gasteiger partial charge in [-0.2, -0.15) is 15.2 Å². The van der Waals surface area contributed by atoms with Gasteiger partial charge < -0.3 is 15.5 Å². The normalized spacial score (nSPS) is 16.1. The fourth-order valence-electron chi connectivity index (χ4n) is 5.04.